The number of benzene rings is 2. The third-order valence-electron chi connectivity index (χ3n) is 3.88. The lowest BCUT2D eigenvalue weighted by molar-refractivity contribution is 0.0527. The zero-order valence-electron chi connectivity index (χ0n) is 16.0. The predicted molar refractivity (Wildman–Crippen MR) is 109 cm³/mol. The van der Waals surface area contributed by atoms with Gasteiger partial charge in [0, 0.05) is 18.0 Å². The first-order chi connectivity index (χ1) is 14.1. The largest absolute Gasteiger partial charge is 0.497 e. The van der Waals surface area contributed by atoms with Gasteiger partial charge >= 0.3 is 5.97 Å². The molecule has 0 saturated heterocycles. The molecule has 8 nitrogen and oxygen atoms in total. The number of hydrogen-bond acceptors (Lipinski definition) is 7. The van der Waals surface area contributed by atoms with Crippen LogP contribution in [0.3, 0.4) is 0 Å². The molecule has 1 aromatic heterocycles. The quantitative estimate of drug-likeness (QED) is 0.592. The lowest BCUT2D eigenvalue weighted by Gasteiger charge is -2.11. The average Bonchev–Trinajstić information content (AvgIpc) is 2.74. The maximum absolute atomic E-state index is 12.7. The molecule has 2 aromatic carbocycles. The molecule has 29 heavy (non-hydrogen) atoms. The van der Waals surface area contributed by atoms with Crippen LogP contribution < -0.4 is 15.4 Å². The molecule has 1 heterocycles. The molecule has 0 saturated carbocycles. The fourth-order valence-electron chi connectivity index (χ4n) is 2.54. The van der Waals surface area contributed by atoms with Crippen LogP contribution in [0.15, 0.2) is 60.8 Å². The van der Waals surface area contributed by atoms with Gasteiger partial charge in [0.15, 0.2) is 0 Å². The molecule has 0 atom stereocenters. The molecule has 3 aromatic rings. The van der Waals surface area contributed by atoms with Crippen LogP contribution in [-0.2, 0) is 4.74 Å². The number of nitrogens with zero attached hydrogens (tertiary/aromatic N) is 2. The van der Waals surface area contributed by atoms with E-state index in [1.54, 1.807) is 44.4 Å². The summed E-state index contributed by atoms with van der Waals surface area (Å²) in [6.07, 6.45) is 1.47. The lowest BCUT2D eigenvalue weighted by Crippen LogP contribution is -2.17. The monoisotopic (exact) mass is 392 g/mol. The molecule has 0 aliphatic heterocycles. The van der Waals surface area contributed by atoms with Crippen molar-refractivity contribution >= 4 is 29.2 Å². The summed E-state index contributed by atoms with van der Waals surface area (Å²) in [6, 6.07) is 15.4. The van der Waals surface area contributed by atoms with Crippen LogP contribution in [0.25, 0.3) is 0 Å². The van der Waals surface area contributed by atoms with Crippen molar-refractivity contribution < 1.29 is 19.1 Å². The van der Waals surface area contributed by atoms with Gasteiger partial charge in [-0.05, 0) is 37.3 Å². The average molecular weight is 392 g/mol. The summed E-state index contributed by atoms with van der Waals surface area (Å²) in [7, 11) is 1.58. The Morgan fingerprint density at radius 3 is 2.69 bits per heavy atom. The third-order valence-corrected chi connectivity index (χ3v) is 3.88. The van der Waals surface area contributed by atoms with E-state index in [0.717, 1.165) is 5.69 Å². The van der Waals surface area contributed by atoms with Gasteiger partial charge in [-0.15, -0.1) is 0 Å². The number of nitrogens with one attached hydrogen (secondary N) is 2. The van der Waals surface area contributed by atoms with Crippen molar-refractivity contribution in [2.75, 3.05) is 24.4 Å². The van der Waals surface area contributed by atoms with Gasteiger partial charge in [-0.2, -0.15) is 0 Å². The van der Waals surface area contributed by atoms with Gasteiger partial charge in [-0.3, -0.25) is 4.79 Å². The van der Waals surface area contributed by atoms with Crippen LogP contribution in [0, 0.1) is 0 Å². The predicted octanol–water partition coefficient (Wildman–Crippen LogP) is 3.66. The van der Waals surface area contributed by atoms with Gasteiger partial charge in [-0.25, -0.2) is 14.8 Å². The van der Waals surface area contributed by atoms with Gasteiger partial charge in [0.2, 0.25) is 5.95 Å². The summed E-state index contributed by atoms with van der Waals surface area (Å²) in [5.74, 6) is -0.0478. The summed E-state index contributed by atoms with van der Waals surface area (Å²) >= 11 is 0. The second-order valence-corrected chi connectivity index (χ2v) is 5.84. The molecule has 8 heteroatoms. The van der Waals surface area contributed by atoms with Crippen LogP contribution in [0.1, 0.15) is 27.8 Å². The minimum atomic E-state index is -0.508. The van der Waals surface area contributed by atoms with E-state index in [1.807, 2.05) is 18.2 Å². The molecule has 148 valence electrons. The fourth-order valence-corrected chi connectivity index (χ4v) is 2.54. The first-order valence-corrected chi connectivity index (χ1v) is 8.92. The number of rotatable bonds is 7. The highest BCUT2D eigenvalue weighted by molar-refractivity contribution is 6.07. The highest BCUT2D eigenvalue weighted by Crippen LogP contribution is 2.20. The van der Waals surface area contributed by atoms with Crippen LogP contribution >= 0.6 is 0 Å². The molecule has 0 aliphatic carbocycles. The van der Waals surface area contributed by atoms with Crippen molar-refractivity contribution in [1.29, 1.82) is 0 Å². The van der Waals surface area contributed by atoms with E-state index in [0.29, 0.717) is 11.4 Å². The van der Waals surface area contributed by atoms with Crippen molar-refractivity contribution in [2.45, 2.75) is 6.92 Å². The number of para-hydroxylation sites is 1. The van der Waals surface area contributed by atoms with Gasteiger partial charge in [-0.1, -0.05) is 18.2 Å². The zero-order valence-corrected chi connectivity index (χ0v) is 16.0. The van der Waals surface area contributed by atoms with Gasteiger partial charge in [0.25, 0.3) is 5.91 Å². The van der Waals surface area contributed by atoms with Crippen LogP contribution in [0.5, 0.6) is 5.75 Å². The topological polar surface area (TPSA) is 102 Å². The van der Waals surface area contributed by atoms with Crippen LogP contribution in [0.2, 0.25) is 0 Å². The van der Waals surface area contributed by atoms with E-state index in [1.165, 1.54) is 12.3 Å². The van der Waals surface area contributed by atoms with E-state index < -0.39 is 11.9 Å². The number of carbonyl (C=O) groups is 2. The summed E-state index contributed by atoms with van der Waals surface area (Å²) < 4.78 is 10.2. The summed E-state index contributed by atoms with van der Waals surface area (Å²) in [5, 5.41) is 5.73. The second-order valence-electron chi connectivity index (χ2n) is 5.84. The van der Waals surface area contributed by atoms with Crippen molar-refractivity contribution in [3.05, 3.63) is 72.1 Å². The highest BCUT2D eigenvalue weighted by atomic mass is 16.5. The van der Waals surface area contributed by atoms with Crippen molar-refractivity contribution in [3.63, 3.8) is 0 Å². The number of aromatic nitrogens is 2. The Bertz CT molecular complexity index is 1020. The Hall–Kier alpha value is -3.94. The minimum Gasteiger partial charge on any atom is -0.497 e. The van der Waals surface area contributed by atoms with Gasteiger partial charge < -0.3 is 20.1 Å². The number of esters is 1. The van der Waals surface area contributed by atoms with E-state index in [2.05, 4.69) is 20.6 Å². The molecule has 0 radical (unpaired) electrons. The van der Waals surface area contributed by atoms with E-state index >= 15 is 0 Å². The number of carbonyl (C=O) groups excluding carboxylic acids is 2. The number of hydrogen-bond donors (Lipinski definition) is 2. The smallest absolute Gasteiger partial charge is 0.340 e. The zero-order chi connectivity index (χ0) is 20.6. The molecule has 0 bridgehead atoms. The maximum atomic E-state index is 12.7. The highest BCUT2D eigenvalue weighted by Gasteiger charge is 2.16. The van der Waals surface area contributed by atoms with Crippen molar-refractivity contribution in [2.24, 2.45) is 0 Å². The Morgan fingerprint density at radius 2 is 1.90 bits per heavy atom. The van der Waals surface area contributed by atoms with Gasteiger partial charge in [0.1, 0.15) is 11.4 Å². The van der Waals surface area contributed by atoms with E-state index in [9.17, 15) is 9.59 Å². The lowest BCUT2D eigenvalue weighted by atomic mass is 10.1. The molecule has 3 rings (SSSR count). The van der Waals surface area contributed by atoms with Crippen molar-refractivity contribution in [3.8, 4) is 5.75 Å². The Labute approximate surface area is 167 Å². The van der Waals surface area contributed by atoms with Crippen molar-refractivity contribution in [1.82, 2.24) is 9.97 Å². The second kappa shape index (κ2) is 9.32. The Morgan fingerprint density at radius 1 is 1.07 bits per heavy atom. The molecule has 0 spiro atoms. The van der Waals surface area contributed by atoms with Crippen LogP contribution in [0.4, 0.5) is 17.3 Å². The molecular weight excluding hydrogens is 372 g/mol. The Balaban J connectivity index is 1.77. The van der Waals surface area contributed by atoms with E-state index in [-0.39, 0.29) is 23.8 Å². The standard InChI is InChI=1S/C21H20N4O4/c1-3-29-20(27)16-9-4-5-10-17(16)24-19(26)18-11-12-22-21(25-18)23-14-7-6-8-15(13-14)28-2/h4-13H,3H2,1-2H3,(H,24,26)(H,22,23,25). The molecule has 1 amide bonds. The summed E-state index contributed by atoms with van der Waals surface area (Å²) in [5.41, 5.74) is 1.47. The summed E-state index contributed by atoms with van der Waals surface area (Å²) in [4.78, 5) is 33.1. The Kier molecular flexibility index (Phi) is 6.36. The SMILES string of the molecule is CCOC(=O)c1ccccc1NC(=O)c1ccnc(Nc2cccc(OC)c2)n1. The third kappa shape index (κ3) is 5.07. The van der Waals surface area contributed by atoms with Crippen LogP contribution in [-0.4, -0.2) is 35.6 Å². The summed E-state index contributed by atoms with van der Waals surface area (Å²) in [6.45, 7) is 1.96. The normalized spacial score (nSPS) is 10.1. The molecular formula is C21H20N4O4. The van der Waals surface area contributed by atoms with Gasteiger partial charge in [0.05, 0.1) is 25.0 Å². The molecule has 0 fully saturated rings. The fraction of sp³-hybridized carbons (Fsp3) is 0.143. The number of ether oxygens (including phenoxy) is 2. The first kappa shape index (κ1) is 19.8. The molecule has 2 N–H and O–H groups in total. The van der Waals surface area contributed by atoms with E-state index in [4.69, 9.17) is 9.47 Å². The first-order valence-electron chi connectivity index (χ1n) is 8.92. The molecule has 0 unspecified atom stereocenters. The number of amides is 1. The minimum absolute atomic E-state index is 0.143. The number of anilines is 3. The number of methoxy groups -OCH3 is 1. The molecule has 0 aliphatic rings. The maximum Gasteiger partial charge on any atom is 0.340 e.